The molecule has 0 radical (unpaired) electrons. The van der Waals surface area contributed by atoms with Crippen LogP contribution in [0.5, 0.6) is 5.75 Å². The first-order valence-corrected chi connectivity index (χ1v) is 7.40. The van der Waals surface area contributed by atoms with Crippen molar-refractivity contribution in [2.24, 2.45) is 0 Å². The van der Waals surface area contributed by atoms with Crippen molar-refractivity contribution in [1.29, 1.82) is 0 Å². The maximum Gasteiger partial charge on any atom is 0.137 e. The van der Waals surface area contributed by atoms with Crippen molar-refractivity contribution in [2.75, 3.05) is 13.7 Å². The molecule has 2 aromatic rings. The fourth-order valence-electron chi connectivity index (χ4n) is 2.05. The fraction of sp³-hybridized carbons (Fsp3) is 0.267. The van der Waals surface area contributed by atoms with Crippen molar-refractivity contribution in [2.45, 2.75) is 13.0 Å². The molecule has 1 aromatic carbocycles. The van der Waals surface area contributed by atoms with Crippen molar-refractivity contribution in [3.05, 3.63) is 57.2 Å². The van der Waals surface area contributed by atoms with Crippen molar-refractivity contribution in [3.8, 4) is 5.75 Å². The molecule has 0 fully saturated rings. The summed E-state index contributed by atoms with van der Waals surface area (Å²) in [6.45, 7) is 2.84. The van der Waals surface area contributed by atoms with Crippen LogP contribution in [0.3, 0.4) is 0 Å². The van der Waals surface area contributed by atoms with E-state index < -0.39 is 0 Å². The van der Waals surface area contributed by atoms with Gasteiger partial charge in [-0.3, -0.25) is 4.98 Å². The van der Waals surface area contributed by atoms with Crippen molar-refractivity contribution < 1.29 is 9.13 Å². The average molecular weight is 386 g/mol. The number of benzene rings is 1. The first-order chi connectivity index (χ1) is 9.65. The molecule has 0 bridgehead atoms. The molecule has 0 aliphatic heterocycles. The second kappa shape index (κ2) is 6.99. The van der Waals surface area contributed by atoms with E-state index in [0.29, 0.717) is 5.75 Å². The van der Waals surface area contributed by atoms with Crippen molar-refractivity contribution in [1.82, 2.24) is 10.3 Å². The number of nitrogens with one attached hydrogen (secondary N) is 1. The molecule has 1 heterocycles. The third-order valence-electron chi connectivity index (χ3n) is 2.99. The molecule has 0 amide bonds. The molecule has 5 heteroatoms. The summed E-state index contributed by atoms with van der Waals surface area (Å²) >= 11 is 2.15. The molecule has 0 aliphatic carbocycles. The Balaban J connectivity index is 2.44. The SMILES string of the molecule is CCNC(c1cncc(OC)c1)c1ccc(F)cc1I. The van der Waals surface area contributed by atoms with Crippen LogP contribution in [0.25, 0.3) is 0 Å². The Morgan fingerprint density at radius 3 is 2.80 bits per heavy atom. The van der Waals surface area contributed by atoms with Crippen LogP contribution in [0, 0.1) is 9.39 Å². The van der Waals surface area contributed by atoms with Crippen molar-refractivity contribution >= 4 is 22.6 Å². The van der Waals surface area contributed by atoms with Crippen LogP contribution in [-0.4, -0.2) is 18.6 Å². The molecule has 1 N–H and O–H groups in total. The normalized spacial score (nSPS) is 12.2. The van der Waals surface area contributed by atoms with E-state index in [1.54, 1.807) is 19.5 Å². The van der Waals surface area contributed by atoms with Gasteiger partial charge in [-0.05, 0) is 58.5 Å². The van der Waals surface area contributed by atoms with Crippen LogP contribution in [-0.2, 0) is 0 Å². The Bertz CT molecular complexity index is 592. The number of ether oxygens (including phenoxy) is 1. The fourth-order valence-corrected chi connectivity index (χ4v) is 2.84. The van der Waals surface area contributed by atoms with E-state index >= 15 is 0 Å². The summed E-state index contributed by atoms with van der Waals surface area (Å²) in [7, 11) is 1.62. The number of pyridine rings is 1. The zero-order valence-electron chi connectivity index (χ0n) is 11.4. The molecule has 0 saturated carbocycles. The summed E-state index contributed by atoms with van der Waals surface area (Å²) in [5.74, 6) is 0.486. The molecule has 20 heavy (non-hydrogen) atoms. The van der Waals surface area contributed by atoms with Gasteiger partial charge in [0, 0.05) is 9.77 Å². The standard InChI is InChI=1S/C15H16FIN2O/c1-3-19-15(10-6-12(20-2)9-18-8-10)13-5-4-11(16)7-14(13)17/h4-9,15,19H,3H2,1-2H3. The molecular formula is C15H16FIN2O. The summed E-state index contributed by atoms with van der Waals surface area (Å²) in [5.41, 5.74) is 2.03. The van der Waals surface area contributed by atoms with Gasteiger partial charge in [0.25, 0.3) is 0 Å². The van der Waals surface area contributed by atoms with Gasteiger partial charge >= 0.3 is 0 Å². The summed E-state index contributed by atoms with van der Waals surface area (Å²) in [6.07, 6.45) is 3.47. The third kappa shape index (κ3) is 3.46. The van der Waals surface area contributed by atoms with Gasteiger partial charge in [-0.25, -0.2) is 4.39 Å². The minimum atomic E-state index is -0.225. The van der Waals surface area contributed by atoms with Gasteiger partial charge in [0.05, 0.1) is 19.3 Å². The van der Waals surface area contributed by atoms with Crippen LogP contribution in [0.2, 0.25) is 0 Å². The average Bonchev–Trinajstić information content (AvgIpc) is 2.45. The Morgan fingerprint density at radius 1 is 1.35 bits per heavy atom. The molecule has 3 nitrogen and oxygen atoms in total. The second-order valence-corrected chi connectivity index (χ2v) is 5.48. The number of rotatable bonds is 5. The molecule has 1 unspecified atom stereocenters. The summed E-state index contributed by atoms with van der Waals surface area (Å²) < 4.78 is 19.4. The number of aromatic nitrogens is 1. The maximum atomic E-state index is 13.3. The molecule has 0 spiro atoms. The summed E-state index contributed by atoms with van der Waals surface area (Å²) in [4.78, 5) is 4.19. The lowest BCUT2D eigenvalue weighted by Crippen LogP contribution is -2.23. The van der Waals surface area contributed by atoms with E-state index in [1.165, 1.54) is 12.1 Å². The molecular weight excluding hydrogens is 370 g/mol. The van der Waals surface area contributed by atoms with Gasteiger partial charge in [0.15, 0.2) is 0 Å². The van der Waals surface area contributed by atoms with Gasteiger partial charge in [-0.1, -0.05) is 13.0 Å². The number of halogens is 2. The zero-order valence-corrected chi connectivity index (χ0v) is 13.5. The van der Waals surface area contributed by atoms with E-state index in [-0.39, 0.29) is 11.9 Å². The van der Waals surface area contributed by atoms with Gasteiger partial charge in [0.2, 0.25) is 0 Å². The highest BCUT2D eigenvalue weighted by Crippen LogP contribution is 2.28. The molecule has 2 rings (SSSR count). The monoisotopic (exact) mass is 386 g/mol. The van der Waals surface area contributed by atoms with Crippen LogP contribution >= 0.6 is 22.6 Å². The van der Waals surface area contributed by atoms with Gasteiger partial charge < -0.3 is 10.1 Å². The zero-order chi connectivity index (χ0) is 14.5. The number of methoxy groups -OCH3 is 1. The highest BCUT2D eigenvalue weighted by Gasteiger charge is 2.17. The molecule has 0 aliphatic rings. The third-order valence-corrected chi connectivity index (χ3v) is 3.92. The summed E-state index contributed by atoms with van der Waals surface area (Å²) in [5, 5.41) is 3.40. The quantitative estimate of drug-likeness (QED) is 0.799. The number of hydrogen-bond donors (Lipinski definition) is 1. The second-order valence-electron chi connectivity index (χ2n) is 4.31. The van der Waals surface area contributed by atoms with Gasteiger partial charge in [-0.15, -0.1) is 0 Å². The first-order valence-electron chi connectivity index (χ1n) is 6.33. The number of nitrogens with zero attached hydrogens (tertiary/aromatic N) is 1. The van der Waals surface area contributed by atoms with E-state index in [4.69, 9.17) is 4.74 Å². The van der Waals surface area contributed by atoms with Crippen molar-refractivity contribution in [3.63, 3.8) is 0 Å². The molecule has 1 atom stereocenters. The molecule has 106 valence electrons. The van der Waals surface area contributed by atoms with Gasteiger partial charge in [-0.2, -0.15) is 0 Å². The number of hydrogen-bond acceptors (Lipinski definition) is 3. The van der Waals surface area contributed by atoms with Crippen LogP contribution in [0.4, 0.5) is 4.39 Å². The lowest BCUT2D eigenvalue weighted by atomic mass is 10.00. The first kappa shape index (κ1) is 15.2. The summed E-state index contributed by atoms with van der Waals surface area (Å²) in [6, 6.07) is 6.74. The van der Waals surface area contributed by atoms with Crippen LogP contribution in [0.1, 0.15) is 24.1 Å². The lowest BCUT2D eigenvalue weighted by Gasteiger charge is -2.20. The van der Waals surface area contributed by atoms with E-state index in [2.05, 4.69) is 32.9 Å². The smallest absolute Gasteiger partial charge is 0.137 e. The van der Waals surface area contributed by atoms with Gasteiger partial charge in [0.1, 0.15) is 11.6 Å². The highest BCUT2D eigenvalue weighted by molar-refractivity contribution is 14.1. The maximum absolute atomic E-state index is 13.3. The molecule has 1 aromatic heterocycles. The Labute approximate surface area is 131 Å². The minimum Gasteiger partial charge on any atom is -0.495 e. The predicted molar refractivity (Wildman–Crippen MR) is 85.4 cm³/mol. The lowest BCUT2D eigenvalue weighted by molar-refractivity contribution is 0.411. The Kier molecular flexibility index (Phi) is 5.31. The molecule has 0 saturated heterocycles. The van der Waals surface area contributed by atoms with Crippen LogP contribution in [0.15, 0.2) is 36.7 Å². The van der Waals surface area contributed by atoms with Crippen LogP contribution < -0.4 is 10.1 Å². The Hall–Kier alpha value is -1.21. The largest absolute Gasteiger partial charge is 0.495 e. The van der Waals surface area contributed by atoms with E-state index in [9.17, 15) is 4.39 Å². The van der Waals surface area contributed by atoms with E-state index in [1.807, 2.05) is 19.1 Å². The highest BCUT2D eigenvalue weighted by atomic mass is 127. The minimum absolute atomic E-state index is 0.0323. The van der Waals surface area contributed by atoms with E-state index in [0.717, 1.165) is 21.2 Å². The predicted octanol–water partition coefficient (Wildman–Crippen LogP) is 3.53. The Morgan fingerprint density at radius 2 is 2.15 bits per heavy atom. The topological polar surface area (TPSA) is 34.2 Å².